The Morgan fingerprint density at radius 2 is 1.96 bits per heavy atom. The van der Waals surface area contributed by atoms with E-state index in [2.05, 4.69) is 15.5 Å². The molecule has 2 aromatic carbocycles. The van der Waals surface area contributed by atoms with Crippen molar-refractivity contribution in [3.63, 3.8) is 0 Å². The first-order valence-electron chi connectivity index (χ1n) is 7.92. The lowest BCUT2D eigenvalue weighted by Gasteiger charge is -2.05. The Morgan fingerprint density at radius 3 is 2.74 bits per heavy atom. The zero-order chi connectivity index (χ0) is 19.1. The van der Waals surface area contributed by atoms with Gasteiger partial charge in [0, 0.05) is 18.4 Å². The maximum atomic E-state index is 12.9. The van der Waals surface area contributed by atoms with Crippen molar-refractivity contribution in [1.29, 1.82) is 0 Å². The standard InChI is InChI=1S/C17H15FN4O3S2/c18-13-7-5-12(6-8-13)11-19-16-20-21-17(27-16)26-10-9-25-15-4-2-1-3-14(15)22(23)24/h1-8H,9-11H2,(H,19,20). The molecule has 0 fully saturated rings. The molecule has 0 aliphatic heterocycles. The van der Waals surface area contributed by atoms with Gasteiger partial charge in [-0.15, -0.1) is 10.2 Å². The lowest BCUT2D eigenvalue weighted by atomic mass is 10.2. The quantitative estimate of drug-likeness (QED) is 0.244. The first-order valence-corrected chi connectivity index (χ1v) is 9.73. The number of aromatic nitrogens is 2. The van der Waals surface area contributed by atoms with Gasteiger partial charge < -0.3 is 10.1 Å². The predicted octanol–water partition coefficient (Wildman–Crippen LogP) is 4.37. The van der Waals surface area contributed by atoms with Crippen LogP contribution in [0.1, 0.15) is 5.56 Å². The van der Waals surface area contributed by atoms with E-state index >= 15 is 0 Å². The number of anilines is 1. The molecule has 3 rings (SSSR count). The number of para-hydroxylation sites is 2. The monoisotopic (exact) mass is 406 g/mol. The third-order valence-electron chi connectivity index (χ3n) is 3.39. The number of hydrogen-bond donors (Lipinski definition) is 1. The second-order valence-electron chi connectivity index (χ2n) is 5.27. The molecule has 0 aliphatic carbocycles. The van der Waals surface area contributed by atoms with Crippen LogP contribution in [-0.4, -0.2) is 27.5 Å². The van der Waals surface area contributed by atoms with E-state index in [0.717, 1.165) is 9.90 Å². The molecule has 0 radical (unpaired) electrons. The van der Waals surface area contributed by atoms with Gasteiger partial charge in [0.25, 0.3) is 0 Å². The number of nitrogens with one attached hydrogen (secondary N) is 1. The van der Waals surface area contributed by atoms with E-state index in [9.17, 15) is 14.5 Å². The highest BCUT2D eigenvalue weighted by Gasteiger charge is 2.13. The molecule has 0 saturated carbocycles. The van der Waals surface area contributed by atoms with Gasteiger partial charge in [0.1, 0.15) is 5.82 Å². The number of thioether (sulfide) groups is 1. The second kappa shape index (κ2) is 9.28. The van der Waals surface area contributed by atoms with Crippen LogP contribution in [0.3, 0.4) is 0 Å². The van der Waals surface area contributed by atoms with E-state index in [1.54, 1.807) is 30.3 Å². The average Bonchev–Trinajstić information content (AvgIpc) is 3.13. The van der Waals surface area contributed by atoms with Crippen LogP contribution in [0, 0.1) is 15.9 Å². The summed E-state index contributed by atoms with van der Waals surface area (Å²) in [5, 5.41) is 22.9. The lowest BCUT2D eigenvalue weighted by molar-refractivity contribution is -0.385. The molecule has 0 spiro atoms. The van der Waals surface area contributed by atoms with Crippen molar-refractivity contribution in [2.75, 3.05) is 17.7 Å². The Hall–Kier alpha value is -2.72. The number of hydrogen-bond acceptors (Lipinski definition) is 8. The van der Waals surface area contributed by atoms with Gasteiger partial charge in [-0.05, 0) is 23.8 Å². The molecular weight excluding hydrogens is 391 g/mol. The van der Waals surface area contributed by atoms with Crippen LogP contribution in [0.5, 0.6) is 5.75 Å². The van der Waals surface area contributed by atoms with Crippen molar-refractivity contribution in [3.05, 3.63) is 70.0 Å². The number of ether oxygens (including phenoxy) is 1. The zero-order valence-electron chi connectivity index (χ0n) is 14.0. The number of benzene rings is 2. The fraction of sp³-hybridized carbons (Fsp3) is 0.176. The number of nitro groups is 1. The molecular formula is C17H15FN4O3S2. The molecule has 1 heterocycles. The third-order valence-corrected chi connectivity index (χ3v) is 5.37. The summed E-state index contributed by atoms with van der Waals surface area (Å²) >= 11 is 2.86. The van der Waals surface area contributed by atoms with E-state index < -0.39 is 4.92 Å². The number of nitro benzene ring substituents is 1. The summed E-state index contributed by atoms with van der Waals surface area (Å²) in [6.45, 7) is 0.841. The van der Waals surface area contributed by atoms with Gasteiger partial charge in [0.15, 0.2) is 10.1 Å². The average molecular weight is 406 g/mol. The number of rotatable bonds is 9. The Bertz CT molecular complexity index is 905. The first-order chi connectivity index (χ1) is 13.1. The molecule has 27 heavy (non-hydrogen) atoms. The van der Waals surface area contributed by atoms with Crippen LogP contribution in [0.2, 0.25) is 0 Å². The molecule has 0 aliphatic rings. The summed E-state index contributed by atoms with van der Waals surface area (Å²) < 4.78 is 19.1. The van der Waals surface area contributed by atoms with Crippen LogP contribution in [0.15, 0.2) is 52.9 Å². The number of halogens is 1. The van der Waals surface area contributed by atoms with Crippen LogP contribution in [-0.2, 0) is 6.54 Å². The molecule has 0 amide bonds. The molecule has 10 heteroatoms. The van der Waals surface area contributed by atoms with E-state index in [0.29, 0.717) is 24.0 Å². The Morgan fingerprint density at radius 1 is 1.19 bits per heavy atom. The molecule has 0 bridgehead atoms. The van der Waals surface area contributed by atoms with Gasteiger partial charge >= 0.3 is 5.69 Å². The highest BCUT2D eigenvalue weighted by atomic mass is 32.2. The highest BCUT2D eigenvalue weighted by Crippen LogP contribution is 2.28. The summed E-state index contributed by atoms with van der Waals surface area (Å²) in [4.78, 5) is 10.5. The van der Waals surface area contributed by atoms with Gasteiger partial charge in [-0.3, -0.25) is 10.1 Å². The summed E-state index contributed by atoms with van der Waals surface area (Å²) in [5.74, 6) is 0.567. The molecule has 140 valence electrons. The topological polar surface area (TPSA) is 90.2 Å². The minimum absolute atomic E-state index is 0.0503. The van der Waals surface area contributed by atoms with Crippen molar-refractivity contribution in [2.24, 2.45) is 0 Å². The first kappa shape index (κ1) is 19.1. The Balaban J connectivity index is 1.43. The maximum absolute atomic E-state index is 12.9. The molecule has 1 N–H and O–H groups in total. The molecule has 3 aromatic rings. The van der Waals surface area contributed by atoms with Crippen molar-refractivity contribution >= 4 is 33.9 Å². The van der Waals surface area contributed by atoms with Crippen molar-refractivity contribution in [2.45, 2.75) is 10.9 Å². The summed E-state index contributed by atoms with van der Waals surface area (Å²) in [6, 6.07) is 12.5. The van der Waals surface area contributed by atoms with E-state index in [1.807, 2.05) is 0 Å². The Kier molecular flexibility index (Phi) is 6.55. The van der Waals surface area contributed by atoms with Gasteiger partial charge in [-0.2, -0.15) is 0 Å². The van der Waals surface area contributed by atoms with Gasteiger partial charge in [0.2, 0.25) is 5.13 Å². The minimum atomic E-state index is -0.466. The zero-order valence-corrected chi connectivity index (χ0v) is 15.6. The number of nitrogens with zero attached hydrogens (tertiary/aromatic N) is 3. The SMILES string of the molecule is O=[N+]([O-])c1ccccc1OCCSc1nnc(NCc2ccc(F)cc2)s1. The smallest absolute Gasteiger partial charge is 0.310 e. The normalized spacial score (nSPS) is 10.6. The van der Waals surface area contributed by atoms with Gasteiger partial charge in [0.05, 0.1) is 11.5 Å². The molecule has 7 nitrogen and oxygen atoms in total. The van der Waals surface area contributed by atoms with Crippen LogP contribution in [0.4, 0.5) is 15.2 Å². The van der Waals surface area contributed by atoms with Gasteiger partial charge in [-0.1, -0.05) is 47.4 Å². The molecule has 0 saturated heterocycles. The highest BCUT2D eigenvalue weighted by molar-refractivity contribution is 8.01. The second-order valence-corrected chi connectivity index (χ2v) is 7.59. The van der Waals surface area contributed by atoms with Gasteiger partial charge in [-0.25, -0.2) is 4.39 Å². The van der Waals surface area contributed by atoms with E-state index in [4.69, 9.17) is 4.74 Å². The van der Waals surface area contributed by atoms with E-state index in [-0.39, 0.29) is 17.3 Å². The van der Waals surface area contributed by atoms with Crippen molar-refractivity contribution < 1.29 is 14.1 Å². The van der Waals surface area contributed by atoms with Crippen LogP contribution in [0.25, 0.3) is 0 Å². The molecule has 1 aromatic heterocycles. The third kappa shape index (κ3) is 5.63. The molecule has 0 atom stereocenters. The largest absolute Gasteiger partial charge is 0.486 e. The van der Waals surface area contributed by atoms with E-state index in [1.165, 1.54) is 41.3 Å². The minimum Gasteiger partial charge on any atom is -0.486 e. The summed E-state index contributed by atoms with van der Waals surface area (Å²) in [5.41, 5.74) is 0.893. The van der Waals surface area contributed by atoms with Crippen LogP contribution >= 0.6 is 23.1 Å². The predicted molar refractivity (Wildman–Crippen MR) is 103 cm³/mol. The molecule has 0 unspecified atom stereocenters. The lowest BCUT2D eigenvalue weighted by Crippen LogP contribution is -2.02. The fourth-order valence-corrected chi connectivity index (χ4v) is 3.77. The summed E-state index contributed by atoms with van der Waals surface area (Å²) in [7, 11) is 0. The maximum Gasteiger partial charge on any atom is 0.310 e. The Labute approximate surface area is 162 Å². The fourth-order valence-electron chi connectivity index (χ4n) is 2.13. The van der Waals surface area contributed by atoms with Crippen molar-refractivity contribution in [3.8, 4) is 5.75 Å². The van der Waals surface area contributed by atoms with Crippen molar-refractivity contribution in [1.82, 2.24) is 10.2 Å². The summed E-state index contributed by atoms with van der Waals surface area (Å²) in [6.07, 6.45) is 0. The van der Waals surface area contributed by atoms with Crippen LogP contribution < -0.4 is 10.1 Å².